The molecule has 304 valence electrons. The molecule has 0 aliphatic carbocycles. The van der Waals surface area contributed by atoms with Crippen molar-refractivity contribution in [3.63, 3.8) is 0 Å². The second-order valence-electron chi connectivity index (χ2n) is 14.8. The quantitative estimate of drug-likeness (QED) is 0.149. The van der Waals surface area contributed by atoms with Crippen molar-refractivity contribution in [2.45, 2.75) is 56.4 Å². The third kappa shape index (κ3) is 7.57. The fourth-order valence-corrected chi connectivity index (χ4v) is 8.85. The van der Waals surface area contributed by atoms with Gasteiger partial charge in [-0.1, -0.05) is 12.1 Å². The number of aryl methyl sites for hydroxylation is 1. The number of para-hydroxylation sites is 1. The highest BCUT2D eigenvalue weighted by atomic mass is 32.2. The summed E-state index contributed by atoms with van der Waals surface area (Å²) in [6.45, 7) is 6.68. The van der Waals surface area contributed by atoms with Gasteiger partial charge < -0.3 is 15.0 Å². The minimum Gasteiger partial charge on any atom is -0.485 e. The van der Waals surface area contributed by atoms with Gasteiger partial charge in [0.2, 0.25) is 27.5 Å². The summed E-state index contributed by atoms with van der Waals surface area (Å²) in [4.78, 5) is 37.0. The van der Waals surface area contributed by atoms with Gasteiger partial charge in [0.15, 0.2) is 11.6 Å². The van der Waals surface area contributed by atoms with E-state index in [9.17, 15) is 18.0 Å². The van der Waals surface area contributed by atoms with E-state index in [1.54, 1.807) is 12.4 Å². The molecular weight excluding hydrogens is 770 g/mol. The lowest BCUT2D eigenvalue weighted by Crippen LogP contribution is -2.49. The Hall–Kier alpha value is -5.99. The summed E-state index contributed by atoms with van der Waals surface area (Å²) in [7, 11) is -0.598. The predicted molar refractivity (Wildman–Crippen MR) is 213 cm³/mol. The Labute approximate surface area is 333 Å². The molecule has 3 amide bonds. The number of piperidine rings is 1. The molecule has 0 atom stereocenters. The fourth-order valence-electron chi connectivity index (χ4n) is 7.63. The number of benzene rings is 2. The highest BCUT2D eigenvalue weighted by Crippen LogP contribution is 2.37. The Morgan fingerprint density at radius 2 is 1.91 bits per heavy atom. The van der Waals surface area contributed by atoms with Gasteiger partial charge in [-0.3, -0.25) is 24.8 Å². The summed E-state index contributed by atoms with van der Waals surface area (Å²) in [5.41, 5.74) is 3.72. The first kappa shape index (κ1) is 38.9. The maximum Gasteiger partial charge on any atom is 0.329 e. The van der Waals surface area contributed by atoms with Crippen LogP contribution in [0.5, 0.6) is 5.75 Å². The largest absolute Gasteiger partial charge is 0.485 e. The van der Waals surface area contributed by atoms with Crippen LogP contribution in [0.25, 0.3) is 27.8 Å². The van der Waals surface area contributed by atoms with Gasteiger partial charge in [0.1, 0.15) is 17.8 Å². The number of aromatic nitrogens is 8. The van der Waals surface area contributed by atoms with Crippen LogP contribution >= 0.6 is 0 Å². The van der Waals surface area contributed by atoms with Gasteiger partial charge in [-0.2, -0.15) is 19.7 Å². The summed E-state index contributed by atoms with van der Waals surface area (Å²) in [6, 6.07) is 9.31. The van der Waals surface area contributed by atoms with Crippen LogP contribution in [0, 0.1) is 5.82 Å². The molecule has 8 rings (SSSR count). The molecule has 2 aromatic carbocycles. The number of anilines is 3. The van der Waals surface area contributed by atoms with Gasteiger partial charge in [0.25, 0.3) is 0 Å². The number of ether oxygens (including phenoxy) is 1. The Bertz CT molecular complexity index is 2600. The van der Waals surface area contributed by atoms with Crippen molar-refractivity contribution in [3.05, 3.63) is 66.5 Å². The number of hydrogen-bond acceptors (Lipinski definition) is 12. The zero-order valence-electron chi connectivity index (χ0n) is 32.5. The van der Waals surface area contributed by atoms with Crippen LogP contribution < -0.4 is 20.3 Å². The van der Waals surface area contributed by atoms with Crippen LogP contribution in [0.1, 0.15) is 51.0 Å². The molecule has 4 aromatic heterocycles. The number of likely N-dealkylation sites (tertiary alicyclic amines) is 1. The van der Waals surface area contributed by atoms with Gasteiger partial charge >= 0.3 is 6.03 Å². The van der Waals surface area contributed by atoms with E-state index in [1.165, 1.54) is 44.8 Å². The molecule has 2 aliphatic rings. The first-order valence-electron chi connectivity index (χ1n) is 19.1. The average Bonchev–Trinajstić information content (AvgIpc) is 3.96. The van der Waals surface area contributed by atoms with E-state index in [0.717, 1.165) is 42.9 Å². The predicted octanol–water partition coefficient (Wildman–Crippen LogP) is 4.41. The highest BCUT2D eigenvalue weighted by molar-refractivity contribution is 7.89. The first-order valence-corrected chi connectivity index (χ1v) is 20.5. The molecule has 0 spiro atoms. The number of carbonyl (C=O) groups is 2. The van der Waals surface area contributed by atoms with Crippen molar-refractivity contribution in [2.24, 2.45) is 7.05 Å². The number of imide groups is 1. The van der Waals surface area contributed by atoms with Gasteiger partial charge in [-0.05, 0) is 88.5 Å². The first-order chi connectivity index (χ1) is 27.9. The van der Waals surface area contributed by atoms with E-state index in [1.807, 2.05) is 37.7 Å². The zero-order chi connectivity index (χ0) is 40.7. The summed E-state index contributed by atoms with van der Waals surface area (Å²) in [6.07, 6.45) is 7.22. The molecule has 0 unspecified atom stereocenters. The van der Waals surface area contributed by atoms with Crippen LogP contribution in [0.4, 0.5) is 26.6 Å². The number of rotatable bonds is 13. The second-order valence-corrected chi connectivity index (χ2v) is 16.8. The van der Waals surface area contributed by atoms with Gasteiger partial charge in [0.05, 0.1) is 28.4 Å². The molecule has 6 heterocycles. The normalized spacial score (nSPS) is 15.9. The van der Waals surface area contributed by atoms with E-state index < -0.39 is 21.9 Å². The van der Waals surface area contributed by atoms with E-state index in [4.69, 9.17) is 4.74 Å². The number of carbonyl (C=O) groups excluding carboxylic acids is 2. The lowest BCUT2D eigenvalue weighted by molar-refractivity contribution is -0.120. The maximum absolute atomic E-state index is 15.5. The summed E-state index contributed by atoms with van der Waals surface area (Å²) in [5, 5.41) is 21.9. The Balaban J connectivity index is 0.868. The number of aromatic amines is 1. The molecule has 3 N–H and O–H groups in total. The summed E-state index contributed by atoms with van der Waals surface area (Å²) in [5.74, 6) is 0.216. The molecule has 6 aromatic rings. The van der Waals surface area contributed by atoms with Crippen molar-refractivity contribution in [1.82, 2.24) is 54.1 Å². The molecule has 0 radical (unpaired) electrons. The van der Waals surface area contributed by atoms with Crippen LogP contribution in [0.15, 0.2) is 60.0 Å². The summed E-state index contributed by atoms with van der Waals surface area (Å²) >= 11 is 0. The van der Waals surface area contributed by atoms with Crippen molar-refractivity contribution < 1.29 is 27.1 Å². The Kier molecular flexibility index (Phi) is 10.6. The van der Waals surface area contributed by atoms with Gasteiger partial charge in [0, 0.05) is 50.8 Å². The SMILES string of the molecule is CC(C)Oc1c(-c2cn[nH]c2)ncn2nc(Nc3ccc(S(=O)(=O)N(C)CCCN4CCC(c5cccc6c(N7CCC(=O)NC7=O)nn(C)c56)CC4)cc3F)nc12. The van der Waals surface area contributed by atoms with E-state index >= 15 is 4.39 Å². The lowest BCUT2D eigenvalue weighted by atomic mass is 9.88. The number of sulfonamides is 1. The smallest absolute Gasteiger partial charge is 0.329 e. The molecule has 2 aliphatic heterocycles. The van der Waals surface area contributed by atoms with E-state index in [-0.39, 0.29) is 54.0 Å². The molecule has 0 bridgehead atoms. The average molecular weight is 814 g/mol. The van der Waals surface area contributed by atoms with Crippen molar-refractivity contribution in [3.8, 4) is 17.0 Å². The lowest BCUT2D eigenvalue weighted by Gasteiger charge is -2.32. The number of nitrogens with zero attached hydrogens (tertiary/aromatic N) is 10. The molecule has 58 heavy (non-hydrogen) atoms. The number of amides is 3. The van der Waals surface area contributed by atoms with Crippen LogP contribution in [-0.4, -0.2) is 115 Å². The molecule has 2 fully saturated rings. The minimum atomic E-state index is -3.97. The van der Waals surface area contributed by atoms with Gasteiger partial charge in [-0.25, -0.2) is 26.9 Å². The Morgan fingerprint density at radius 3 is 2.64 bits per heavy atom. The highest BCUT2D eigenvalue weighted by Gasteiger charge is 2.31. The third-order valence-electron chi connectivity index (χ3n) is 10.5. The van der Waals surface area contributed by atoms with E-state index in [0.29, 0.717) is 41.4 Å². The van der Waals surface area contributed by atoms with Crippen molar-refractivity contribution in [1.29, 1.82) is 0 Å². The zero-order valence-corrected chi connectivity index (χ0v) is 33.3. The molecule has 0 saturated carbocycles. The van der Waals surface area contributed by atoms with Crippen molar-refractivity contribution >= 4 is 56.0 Å². The molecule has 2 saturated heterocycles. The van der Waals surface area contributed by atoms with Gasteiger partial charge in [-0.15, -0.1) is 5.10 Å². The van der Waals surface area contributed by atoms with Crippen LogP contribution in [-0.2, 0) is 21.9 Å². The number of hydrogen-bond donors (Lipinski definition) is 3. The number of nitrogens with one attached hydrogen (secondary N) is 3. The summed E-state index contributed by atoms with van der Waals surface area (Å²) < 4.78 is 53.0. The number of fused-ring (bicyclic) bond motifs is 2. The molecule has 18 nitrogen and oxygen atoms in total. The number of H-pyrrole nitrogens is 1. The Morgan fingerprint density at radius 1 is 1.10 bits per heavy atom. The maximum atomic E-state index is 15.5. The molecule has 20 heteroatoms. The van der Waals surface area contributed by atoms with E-state index in [2.05, 4.69) is 52.0 Å². The topological polar surface area (TPSA) is 201 Å². The second kappa shape index (κ2) is 15.7. The minimum absolute atomic E-state index is 0.00224. The monoisotopic (exact) mass is 813 g/mol. The fraction of sp³-hybridized carbons (Fsp3) is 0.395. The van der Waals surface area contributed by atoms with Crippen molar-refractivity contribution in [2.75, 3.05) is 50.0 Å². The number of halogens is 1. The number of urea groups is 1. The molecular formula is C38H44FN13O5S. The standard InChI is InChI=1S/C38H44FN13O5S/c1-23(2)57-34-32(25-20-41-42-21-25)40-22-52-36(34)45-37(47-52)43-30-10-9-26(19-29(30)39)58(55,56)48(3)14-6-15-50-16-11-24(12-17-50)27-7-5-8-28-33(27)49(4)46-35(28)51-18-13-31(53)44-38(51)54/h5,7-10,19-24H,6,11-18H2,1-4H3,(H,41,42)(H,43,47)(H,44,53,54). The van der Waals surface area contributed by atoms with Crippen LogP contribution in [0.3, 0.4) is 0 Å². The van der Waals surface area contributed by atoms with Crippen LogP contribution in [0.2, 0.25) is 0 Å². The third-order valence-corrected chi connectivity index (χ3v) is 12.4.